The molecule has 28 heavy (non-hydrogen) atoms. The predicted molar refractivity (Wildman–Crippen MR) is 115 cm³/mol. The molecule has 0 aliphatic carbocycles. The van der Waals surface area contributed by atoms with Gasteiger partial charge in [-0.3, -0.25) is 4.79 Å². The highest BCUT2D eigenvalue weighted by Crippen LogP contribution is 2.37. The number of hydrogen-bond donors (Lipinski definition) is 1. The topological polar surface area (TPSA) is 53.9 Å². The van der Waals surface area contributed by atoms with E-state index in [9.17, 15) is 4.79 Å². The van der Waals surface area contributed by atoms with Crippen molar-refractivity contribution in [3.8, 4) is 5.75 Å². The maximum atomic E-state index is 11.9. The number of hydrogen-bond acceptors (Lipinski definition) is 4. The van der Waals surface area contributed by atoms with Gasteiger partial charge < -0.3 is 9.64 Å². The second kappa shape index (κ2) is 8.07. The molecule has 146 valence electrons. The number of carbonyl (C=O) groups excluding carboxylic acids is 1. The number of rotatable bonds is 5. The van der Waals surface area contributed by atoms with Crippen LogP contribution in [0.4, 0.5) is 5.69 Å². The lowest BCUT2D eigenvalue weighted by Crippen LogP contribution is -2.42. The van der Waals surface area contributed by atoms with Crippen LogP contribution in [0, 0.1) is 0 Å². The molecule has 0 atom stereocenters. The molecule has 1 heterocycles. The molecule has 2 aromatic rings. The van der Waals surface area contributed by atoms with E-state index in [0.717, 1.165) is 5.56 Å². The van der Waals surface area contributed by atoms with Crippen molar-refractivity contribution in [2.24, 2.45) is 5.10 Å². The van der Waals surface area contributed by atoms with Crippen LogP contribution in [0.15, 0.2) is 53.6 Å². The first kappa shape index (κ1) is 20.0. The number of halogens is 1. The average molecular weight is 398 g/mol. The molecule has 1 aliphatic rings. The Morgan fingerprint density at radius 1 is 1.29 bits per heavy atom. The zero-order chi connectivity index (χ0) is 20.3. The van der Waals surface area contributed by atoms with Crippen molar-refractivity contribution in [1.82, 2.24) is 5.43 Å². The van der Waals surface area contributed by atoms with Crippen LogP contribution in [-0.4, -0.2) is 31.3 Å². The first-order chi connectivity index (χ1) is 13.3. The van der Waals surface area contributed by atoms with E-state index in [1.165, 1.54) is 16.8 Å². The summed E-state index contributed by atoms with van der Waals surface area (Å²) in [7, 11) is 2.09. The second-order valence-corrected chi connectivity index (χ2v) is 7.79. The fraction of sp³-hybridized carbons (Fsp3) is 0.273. The molecule has 0 bridgehead atoms. The molecule has 3 rings (SSSR count). The van der Waals surface area contributed by atoms with Gasteiger partial charge in [0.05, 0.1) is 11.8 Å². The minimum Gasteiger partial charge on any atom is -0.484 e. The van der Waals surface area contributed by atoms with Crippen LogP contribution in [0.25, 0.3) is 5.57 Å². The molecule has 2 aromatic carbocycles. The van der Waals surface area contributed by atoms with Gasteiger partial charge in [0.1, 0.15) is 5.75 Å². The van der Waals surface area contributed by atoms with Crippen molar-refractivity contribution < 1.29 is 9.53 Å². The third kappa shape index (κ3) is 4.54. The Kier molecular flexibility index (Phi) is 5.75. The van der Waals surface area contributed by atoms with Crippen molar-refractivity contribution in [1.29, 1.82) is 0 Å². The van der Waals surface area contributed by atoms with E-state index in [1.807, 2.05) is 6.07 Å². The van der Waals surface area contributed by atoms with Crippen molar-refractivity contribution in [3.63, 3.8) is 0 Å². The van der Waals surface area contributed by atoms with Gasteiger partial charge in [0.2, 0.25) is 0 Å². The summed E-state index contributed by atoms with van der Waals surface area (Å²) >= 11 is 5.89. The predicted octanol–water partition coefficient (Wildman–Crippen LogP) is 4.50. The molecule has 0 saturated heterocycles. The van der Waals surface area contributed by atoms with Crippen LogP contribution in [0.2, 0.25) is 5.02 Å². The lowest BCUT2D eigenvalue weighted by atomic mass is 9.89. The quantitative estimate of drug-likeness (QED) is 0.597. The first-order valence-electron chi connectivity index (χ1n) is 9.04. The van der Waals surface area contributed by atoms with Gasteiger partial charge in [-0.25, -0.2) is 5.43 Å². The number of fused-ring (bicyclic) bond motifs is 1. The van der Waals surface area contributed by atoms with E-state index >= 15 is 0 Å². The summed E-state index contributed by atoms with van der Waals surface area (Å²) in [6.07, 6.45) is 3.88. The Bertz CT molecular complexity index is 951. The van der Waals surface area contributed by atoms with Gasteiger partial charge in [0.25, 0.3) is 5.91 Å². The minimum atomic E-state index is -0.341. The van der Waals surface area contributed by atoms with E-state index < -0.39 is 0 Å². The zero-order valence-electron chi connectivity index (χ0n) is 16.5. The van der Waals surface area contributed by atoms with E-state index in [-0.39, 0.29) is 18.1 Å². The van der Waals surface area contributed by atoms with Gasteiger partial charge in [0, 0.05) is 23.3 Å². The van der Waals surface area contributed by atoms with E-state index in [0.29, 0.717) is 10.8 Å². The third-order valence-corrected chi connectivity index (χ3v) is 5.04. The molecule has 0 radical (unpaired) electrons. The fourth-order valence-corrected chi connectivity index (χ4v) is 3.35. The van der Waals surface area contributed by atoms with Crippen LogP contribution in [0.5, 0.6) is 5.75 Å². The average Bonchev–Trinajstić information content (AvgIpc) is 2.64. The van der Waals surface area contributed by atoms with Crippen molar-refractivity contribution in [2.45, 2.75) is 26.3 Å². The highest BCUT2D eigenvalue weighted by molar-refractivity contribution is 6.30. The normalized spacial score (nSPS) is 15.2. The number of nitrogens with one attached hydrogen (secondary N) is 1. The zero-order valence-corrected chi connectivity index (χ0v) is 17.2. The number of likely N-dealkylation sites (N-methyl/N-ethyl adjacent to an activating group) is 1. The number of hydrazone groups is 1. The summed E-state index contributed by atoms with van der Waals surface area (Å²) in [5.41, 5.74) is 6.94. The lowest BCUT2D eigenvalue weighted by Gasteiger charge is -2.40. The Morgan fingerprint density at radius 3 is 2.82 bits per heavy atom. The van der Waals surface area contributed by atoms with Gasteiger partial charge in [-0.2, -0.15) is 5.10 Å². The van der Waals surface area contributed by atoms with Crippen molar-refractivity contribution in [2.75, 3.05) is 18.6 Å². The number of allylic oxidation sites excluding steroid dienone is 1. The molecule has 0 unspecified atom stereocenters. The summed E-state index contributed by atoms with van der Waals surface area (Å²) in [6.45, 7) is 6.36. The Labute approximate surface area is 170 Å². The maximum Gasteiger partial charge on any atom is 0.277 e. The van der Waals surface area contributed by atoms with Gasteiger partial charge in [-0.15, -0.1) is 0 Å². The first-order valence-corrected chi connectivity index (χ1v) is 9.42. The van der Waals surface area contributed by atoms with E-state index in [2.05, 4.69) is 61.5 Å². The maximum absolute atomic E-state index is 11.9. The monoisotopic (exact) mass is 397 g/mol. The van der Waals surface area contributed by atoms with Crippen molar-refractivity contribution >= 4 is 35.0 Å². The van der Waals surface area contributed by atoms with Crippen LogP contribution in [0.3, 0.4) is 0 Å². The molecular formula is C22H24ClN3O2. The molecule has 1 N–H and O–H groups in total. The smallest absolute Gasteiger partial charge is 0.277 e. The summed E-state index contributed by atoms with van der Waals surface area (Å²) in [5, 5.41) is 4.59. The molecule has 0 fully saturated rings. The van der Waals surface area contributed by atoms with Gasteiger partial charge in [-0.1, -0.05) is 29.8 Å². The largest absolute Gasteiger partial charge is 0.484 e. The number of benzene rings is 2. The summed E-state index contributed by atoms with van der Waals surface area (Å²) in [6, 6.07) is 13.0. The number of anilines is 1. The lowest BCUT2D eigenvalue weighted by molar-refractivity contribution is -0.123. The standard InChI is InChI=1S/C22H24ClN3O2/c1-15-12-22(2,3)26(4)20-9-8-16(10-19(15)20)13-24-25-21(27)14-28-18-7-5-6-17(23)11-18/h5-13H,14H2,1-4H3,(H,25,27)/b24-13-. The molecule has 5 nitrogen and oxygen atoms in total. The highest BCUT2D eigenvalue weighted by Gasteiger charge is 2.28. The highest BCUT2D eigenvalue weighted by atomic mass is 35.5. The second-order valence-electron chi connectivity index (χ2n) is 7.36. The van der Waals surface area contributed by atoms with Crippen LogP contribution < -0.4 is 15.1 Å². The number of nitrogens with zero attached hydrogens (tertiary/aromatic N) is 2. The number of amides is 1. The molecule has 1 amide bonds. The van der Waals surface area contributed by atoms with Gasteiger partial charge >= 0.3 is 0 Å². The van der Waals surface area contributed by atoms with Crippen LogP contribution in [-0.2, 0) is 4.79 Å². The van der Waals surface area contributed by atoms with Crippen LogP contribution >= 0.6 is 11.6 Å². The Balaban J connectivity index is 1.61. The summed E-state index contributed by atoms with van der Waals surface area (Å²) in [5.74, 6) is 0.197. The van der Waals surface area contributed by atoms with Crippen molar-refractivity contribution in [3.05, 3.63) is 64.7 Å². The molecular weight excluding hydrogens is 374 g/mol. The van der Waals surface area contributed by atoms with E-state index in [4.69, 9.17) is 16.3 Å². The fourth-order valence-electron chi connectivity index (χ4n) is 3.17. The molecule has 0 spiro atoms. The Morgan fingerprint density at radius 2 is 2.07 bits per heavy atom. The number of carbonyl (C=O) groups is 1. The summed E-state index contributed by atoms with van der Waals surface area (Å²) in [4.78, 5) is 14.1. The van der Waals surface area contributed by atoms with Crippen LogP contribution in [0.1, 0.15) is 31.9 Å². The SMILES string of the molecule is CC1=CC(C)(C)N(C)c2ccc(/C=N\NC(=O)COc3cccc(Cl)c3)cc21. The molecule has 1 aliphatic heterocycles. The van der Waals surface area contributed by atoms with E-state index in [1.54, 1.807) is 30.5 Å². The minimum absolute atomic E-state index is 0.0242. The molecule has 0 saturated carbocycles. The Hall–Kier alpha value is -2.79. The third-order valence-electron chi connectivity index (χ3n) is 4.81. The summed E-state index contributed by atoms with van der Waals surface area (Å²) < 4.78 is 5.39. The van der Waals surface area contributed by atoms with Gasteiger partial charge in [-0.05, 0) is 62.2 Å². The van der Waals surface area contributed by atoms with Gasteiger partial charge in [0.15, 0.2) is 6.61 Å². The number of ether oxygens (including phenoxy) is 1. The molecule has 0 aromatic heterocycles. The molecule has 6 heteroatoms.